The van der Waals surface area contributed by atoms with Crippen LogP contribution in [-0.4, -0.2) is 21.6 Å². The van der Waals surface area contributed by atoms with Crippen LogP contribution in [0.15, 0.2) is 11.1 Å². The van der Waals surface area contributed by atoms with Gasteiger partial charge in [-0.1, -0.05) is 0 Å². The lowest BCUT2D eigenvalue weighted by Crippen LogP contribution is -2.30. The Hall–Kier alpha value is -1.69. The minimum absolute atomic E-state index is 0.127. The molecule has 118 valence electrons. The maximum absolute atomic E-state index is 12.8. The molecule has 2 heterocycles. The first kappa shape index (κ1) is 15.2. The molecule has 0 saturated heterocycles. The second-order valence-electron chi connectivity index (χ2n) is 6.01. The van der Waals surface area contributed by atoms with Crippen LogP contribution in [0.1, 0.15) is 50.1 Å². The van der Waals surface area contributed by atoms with Crippen molar-refractivity contribution in [1.82, 2.24) is 9.55 Å². The van der Waals surface area contributed by atoms with Crippen LogP contribution in [0.5, 0.6) is 0 Å². The largest absolute Gasteiger partial charge is 0.461 e. The Labute approximate surface area is 132 Å². The number of fused-ring (bicyclic) bond motifs is 3. The lowest BCUT2D eigenvalue weighted by atomic mass is 9.97. The zero-order valence-corrected chi connectivity index (χ0v) is 13.9. The van der Waals surface area contributed by atoms with Crippen LogP contribution in [0, 0.1) is 0 Å². The van der Waals surface area contributed by atoms with Crippen LogP contribution in [0.25, 0.3) is 10.2 Å². The Balaban J connectivity index is 2.06. The molecule has 0 bridgehead atoms. The summed E-state index contributed by atoms with van der Waals surface area (Å²) in [4.78, 5) is 31.3. The smallest absolute Gasteiger partial charge is 0.329 e. The van der Waals surface area contributed by atoms with Gasteiger partial charge in [-0.2, -0.15) is 0 Å². The first-order valence-corrected chi connectivity index (χ1v) is 8.52. The van der Waals surface area contributed by atoms with Gasteiger partial charge in [-0.3, -0.25) is 9.36 Å². The van der Waals surface area contributed by atoms with Crippen molar-refractivity contribution in [2.45, 2.75) is 58.6 Å². The van der Waals surface area contributed by atoms with E-state index in [1.54, 1.807) is 32.1 Å². The zero-order valence-electron chi connectivity index (χ0n) is 13.1. The quantitative estimate of drug-likeness (QED) is 0.816. The first-order valence-electron chi connectivity index (χ1n) is 7.71. The Kier molecular flexibility index (Phi) is 4.04. The van der Waals surface area contributed by atoms with Gasteiger partial charge >= 0.3 is 5.97 Å². The SMILES string of the molecule is CC(C)OC(=O)[C@H](C)n1cnc2sc3c(c2c1=O)CCCC3. The van der Waals surface area contributed by atoms with E-state index in [4.69, 9.17) is 4.74 Å². The summed E-state index contributed by atoms with van der Waals surface area (Å²) in [6.07, 6.45) is 5.51. The molecule has 6 heteroatoms. The molecular formula is C16H20N2O3S. The molecule has 0 amide bonds. The number of aryl methyl sites for hydroxylation is 2. The number of hydrogen-bond donors (Lipinski definition) is 0. The molecule has 1 atom stereocenters. The number of carbonyl (C=O) groups is 1. The molecule has 1 aliphatic carbocycles. The van der Waals surface area contributed by atoms with E-state index in [1.807, 2.05) is 0 Å². The Bertz CT molecular complexity index is 776. The van der Waals surface area contributed by atoms with Crippen LogP contribution in [0.4, 0.5) is 0 Å². The van der Waals surface area contributed by atoms with Crippen LogP contribution >= 0.6 is 11.3 Å². The fourth-order valence-electron chi connectivity index (χ4n) is 2.88. The molecule has 1 aliphatic rings. The standard InChI is InChI=1S/C16H20N2O3S/c1-9(2)21-16(20)10(3)18-8-17-14-13(15(18)19)11-6-4-5-7-12(11)22-14/h8-10H,4-7H2,1-3H3/t10-/m0/s1. The minimum atomic E-state index is -0.661. The molecular weight excluding hydrogens is 300 g/mol. The number of ether oxygens (including phenoxy) is 1. The van der Waals surface area contributed by atoms with E-state index in [1.165, 1.54) is 22.2 Å². The highest BCUT2D eigenvalue weighted by atomic mass is 32.1. The van der Waals surface area contributed by atoms with Crippen LogP contribution in [0.2, 0.25) is 0 Å². The van der Waals surface area contributed by atoms with Gasteiger partial charge in [0.2, 0.25) is 0 Å². The van der Waals surface area contributed by atoms with Gasteiger partial charge in [-0.05, 0) is 52.0 Å². The number of aromatic nitrogens is 2. The van der Waals surface area contributed by atoms with Crippen LogP contribution in [0.3, 0.4) is 0 Å². The summed E-state index contributed by atoms with van der Waals surface area (Å²) in [6, 6.07) is -0.661. The fraction of sp³-hybridized carbons (Fsp3) is 0.562. The zero-order chi connectivity index (χ0) is 15.9. The number of hydrogen-bond acceptors (Lipinski definition) is 5. The summed E-state index contributed by atoms with van der Waals surface area (Å²) in [7, 11) is 0. The van der Waals surface area contributed by atoms with Crippen molar-refractivity contribution in [2.24, 2.45) is 0 Å². The molecule has 0 N–H and O–H groups in total. The number of carbonyl (C=O) groups excluding carboxylic acids is 1. The number of nitrogens with zero attached hydrogens (tertiary/aromatic N) is 2. The summed E-state index contributed by atoms with van der Waals surface area (Å²) in [5.74, 6) is -0.401. The number of esters is 1. The summed E-state index contributed by atoms with van der Waals surface area (Å²) < 4.78 is 6.60. The highest BCUT2D eigenvalue weighted by Gasteiger charge is 2.24. The predicted octanol–water partition coefficient (Wildman–Crippen LogP) is 2.85. The molecule has 0 saturated carbocycles. The molecule has 0 aromatic carbocycles. The summed E-state index contributed by atoms with van der Waals surface area (Å²) in [6.45, 7) is 5.27. The predicted molar refractivity (Wildman–Crippen MR) is 86.5 cm³/mol. The molecule has 0 radical (unpaired) electrons. The summed E-state index contributed by atoms with van der Waals surface area (Å²) in [5.41, 5.74) is 1.01. The third-order valence-electron chi connectivity index (χ3n) is 4.01. The van der Waals surface area contributed by atoms with E-state index in [0.29, 0.717) is 5.39 Å². The number of thiophene rings is 1. The lowest BCUT2D eigenvalue weighted by Gasteiger charge is -2.16. The monoisotopic (exact) mass is 320 g/mol. The number of rotatable bonds is 3. The van der Waals surface area contributed by atoms with Crippen molar-refractivity contribution in [3.63, 3.8) is 0 Å². The Morgan fingerprint density at radius 1 is 1.32 bits per heavy atom. The van der Waals surface area contributed by atoms with E-state index < -0.39 is 12.0 Å². The fourth-order valence-corrected chi connectivity index (χ4v) is 4.10. The van der Waals surface area contributed by atoms with Gasteiger partial charge in [0.05, 0.1) is 17.8 Å². The van der Waals surface area contributed by atoms with E-state index in [2.05, 4.69) is 4.98 Å². The van der Waals surface area contributed by atoms with E-state index >= 15 is 0 Å². The molecule has 2 aromatic rings. The van der Waals surface area contributed by atoms with Crippen LogP contribution < -0.4 is 5.56 Å². The topological polar surface area (TPSA) is 61.2 Å². The third kappa shape index (κ3) is 2.56. The molecule has 0 spiro atoms. The van der Waals surface area contributed by atoms with Crippen molar-refractivity contribution in [3.05, 3.63) is 27.1 Å². The van der Waals surface area contributed by atoms with Gasteiger partial charge in [0, 0.05) is 4.88 Å². The molecule has 0 fully saturated rings. The van der Waals surface area contributed by atoms with Gasteiger partial charge in [0.25, 0.3) is 5.56 Å². The maximum Gasteiger partial charge on any atom is 0.329 e. The highest BCUT2D eigenvalue weighted by molar-refractivity contribution is 7.18. The van der Waals surface area contributed by atoms with Crippen molar-refractivity contribution < 1.29 is 9.53 Å². The third-order valence-corrected chi connectivity index (χ3v) is 5.21. The van der Waals surface area contributed by atoms with Crippen molar-refractivity contribution >= 4 is 27.5 Å². The Morgan fingerprint density at radius 3 is 2.77 bits per heavy atom. The van der Waals surface area contributed by atoms with E-state index in [9.17, 15) is 9.59 Å². The van der Waals surface area contributed by atoms with Gasteiger partial charge in [-0.15, -0.1) is 11.3 Å². The van der Waals surface area contributed by atoms with Gasteiger partial charge in [0.1, 0.15) is 10.9 Å². The summed E-state index contributed by atoms with van der Waals surface area (Å²) >= 11 is 1.61. The van der Waals surface area contributed by atoms with Crippen LogP contribution in [-0.2, 0) is 22.4 Å². The maximum atomic E-state index is 12.8. The van der Waals surface area contributed by atoms with Gasteiger partial charge in [-0.25, -0.2) is 9.78 Å². The second kappa shape index (κ2) is 5.83. The van der Waals surface area contributed by atoms with Crippen molar-refractivity contribution in [3.8, 4) is 0 Å². The average Bonchev–Trinajstić information content (AvgIpc) is 2.85. The molecule has 5 nitrogen and oxygen atoms in total. The molecule has 2 aromatic heterocycles. The molecule has 0 aliphatic heterocycles. The second-order valence-corrected chi connectivity index (χ2v) is 7.09. The Morgan fingerprint density at radius 2 is 2.05 bits per heavy atom. The molecule has 22 heavy (non-hydrogen) atoms. The van der Waals surface area contributed by atoms with Crippen molar-refractivity contribution in [2.75, 3.05) is 0 Å². The van der Waals surface area contributed by atoms with Crippen molar-refractivity contribution in [1.29, 1.82) is 0 Å². The minimum Gasteiger partial charge on any atom is -0.461 e. The molecule has 3 rings (SSSR count). The normalized spacial score (nSPS) is 15.8. The van der Waals surface area contributed by atoms with E-state index in [-0.39, 0.29) is 11.7 Å². The summed E-state index contributed by atoms with van der Waals surface area (Å²) in [5, 5.41) is 0.700. The highest BCUT2D eigenvalue weighted by Crippen LogP contribution is 2.33. The van der Waals surface area contributed by atoms with E-state index in [0.717, 1.165) is 29.7 Å². The van der Waals surface area contributed by atoms with Gasteiger partial charge < -0.3 is 4.74 Å². The lowest BCUT2D eigenvalue weighted by molar-refractivity contribution is -0.151. The molecule has 0 unspecified atom stereocenters. The van der Waals surface area contributed by atoms with Gasteiger partial charge in [0.15, 0.2) is 0 Å². The first-order chi connectivity index (χ1) is 10.5. The average molecular weight is 320 g/mol.